The first-order valence-electron chi connectivity index (χ1n) is 5.94. The fourth-order valence-corrected chi connectivity index (χ4v) is 2.56. The third-order valence-corrected chi connectivity index (χ3v) is 3.19. The van der Waals surface area contributed by atoms with Crippen molar-refractivity contribution in [2.45, 2.75) is 19.5 Å². The van der Waals surface area contributed by atoms with Crippen LogP contribution in [0.5, 0.6) is 0 Å². The first kappa shape index (κ1) is 10.2. The Bertz CT molecular complexity index is 558. The van der Waals surface area contributed by atoms with Crippen molar-refractivity contribution in [2.24, 2.45) is 0 Å². The van der Waals surface area contributed by atoms with Crippen molar-refractivity contribution in [2.75, 3.05) is 10.6 Å². The number of hydrogen-bond donors (Lipinski definition) is 2. The van der Waals surface area contributed by atoms with E-state index in [0.717, 1.165) is 0 Å². The Morgan fingerprint density at radius 2 is 1.59 bits per heavy atom. The zero-order valence-corrected chi connectivity index (χ0v) is 10.1. The summed E-state index contributed by atoms with van der Waals surface area (Å²) in [7, 11) is 0. The molecule has 0 spiro atoms. The van der Waals surface area contributed by atoms with Crippen molar-refractivity contribution in [3.63, 3.8) is 0 Å². The fourth-order valence-electron chi connectivity index (χ4n) is 2.56. The van der Waals surface area contributed by atoms with Crippen LogP contribution in [0.25, 0.3) is 10.8 Å². The van der Waals surface area contributed by atoms with Crippen LogP contribution >= 0.6 is 0 Å². The van der Waals surface area contributed by atoms with E-state index in [-0.39, 0.29) is 5.66 Å². The van der Waals surface area contributed by atoms with Gasteiger partial charge in [-0.25, -0.2) is 0 Å². The second kappa shape index (κ2) is 3.52. The van der Waals surface area contributed by atoms with Crippen LogP contribution in [0.3, 0.4) is 0 Å². The van der Waals surface area contributed by atoms with E-state index in [1.165, 1.54) is 22.1 Å². The van der Waals surface area contributed by atoms with E-state index in [2.05, 4.69) is 66.1 Å². The highest BCUT2D eigenvalue weighted by Gasteiger charge is 2.26. The maximum absolute atomic E-state index is 3.54. The molecule has 0 radical (unpaired) electrons. The van der Waals surface area contributed by atoms with E-state index >= 15 is 0 Å². The average molecular weight is 224 g/mol. The Kier molecular flexibility index (Phi) is 2.11. The van der Waals surface area contributed by atoms with Crippen LogP contribution in [0.1, 0.15) is 13.8 Å². The summed E-state index contributed by atoms with van der Waals surface area (Å²) < 4.78 is 0. The summed E-state index contributed by atoms with van der Waals surface area (Å²) in [5, 5.41) is 9.62. The fraction of sp³-hybridized carbons (Fsp3) is 0.200. The smallest absolute Gasteiger partial charge is 0.124 e. The molecule has 1 heterocycles. The van der Waals surface area contributed by atoms with Gasteiger partial charge in [0.25, 0.3) is 0 Å². The molecule has 0 saturated heterocycles. The summed E-state index contributed by atoms with van der Waals surface area (Å²) in [6.07, 6.45) is 4.20. The molecule has 0 aromatic heterocycles. The lowest BCUT2D eigenvalue weighted by Gasteiger charge is -2.36. The number of benzene rings is 2. The zero-order valence-electron chi connectivity index (χ0n) is 10.1. The van der Waals surface area contributed by atoms with Gasteiger partial charge in [0, 0.05) is 16.8 Å². The molecule has 0 unspecified atom stereocenters. The van der Waals surface area contributed by atoms with Crippen molar-refractivity contribution in [3.8, 4) is 0 Å². The van der Waals surface area contributed by atoms with Gasteiger partial charge in [-0.15, -0.1) is 0 Å². The second-order valence-corrected chi connectivity index (χ2v) is 4.66. The maximum atomic E-state index is 3.54. The van der Waals surface area contributed by atoms with E-state index < -0.39 is 0 Å². The highest BCUT2D eigenvalue weighted by molar-refractivity contribution is 6.05. The molecule has 2 nitrogen and oxygen atoms in total. The van der Waals surface area contributed by atoms with Crippen LogP contribution in [-0.2, 0) is 0 Å². The van der Waals surface area contributed by atoms with Crippen molar-refractivity contribution in [1.82, 2.24) is 0 Å². The molecule has 0 bridgehead atoms. The van der Waals surface area contributed by atoms with Gasteiger partial charge in [0.2, 0.25) is 0 Å². The van der Waals surface area contributed by atoms with Crippen molar-refractivity contribution >= 4 is 22.1 Å². The van der Waals surface area contributed by atoms with E-state index in [0.29, 0.717) is 0 Å². The molecular formula is C15H16N2. The topological polar surface area (TPSA) is 24.1 Å². The lowest BCUT2D eigenvalue weighted by Crippen LogP contribution is -2.43. The highest BCUT2D eigenvalue weighted by atomic mass is 15.2. The molecule has 1 aliphatic heterocycles. The third-order valence-electron chi connectivity index (χ3n) is 3.19. The quantitative estimate of drug-likeness (QED) is 0.716. The Balaban J connectivity index is 2.23. The molecule has 1 aliphatic rings. The van der Waals surface area contributed by atoms with Gasteiger partial charge in [-0.1, -0.05) is 30.3 Å². The normalized spacial score (nSPS) is 16.8. The molecule has 17 heavy (non-hydrogen) atoms. The Morgan fingerprint density at radius 1 is 1.00 bits per heavy atom. The van der Waals surface area contributed by atoms with Crippen LogP contribution in [0.15, 0.2) is 48.6 Å². The van der Waals surface area contributed by atoms with E-state index in [4.69, 9.17) is 0 Å². The van der Waals surface area contributed by atoms with Gasteiger partial charge in [0.1, 0.15) is 5.66 Å². The number of allylic oxidation sites excluding steroid dienone is 1. The monoisotopic (exact) mass is 224 g/mol. The predicted octanol–water partition coefficient (Wildman–Crippen LogP) is 3.97. The summed E-state index contributed by atoms with van der Waals surface area (Å²) in [6, 6.07) is 12.7. The van der Waals surface area contributed by atoms with Crippen LogP contribution in [0.4, 0.5) is 11.4 Å². The second-order valence-electron chi connectivity index (χ2n) is 4.66. The molecule has 2 aromatic carbocycles. The lowest BCUT2D eigenvalue weighted by molar-refractivity contribution is 0.726. The van der Waals surface area contributed by atoms with E-state index in [1.54, 1.807) is 0 Å². The SMILES string of the molecule is C/C=C\C1(C)Nc2cccc3cccc(c23)N1. The van der Waals surface area contributed by atoms with Gasteiger partial charge in [-0.3, -0.25) is 0 Å². The maximum Gasteiger partial charge on any atom is 0.124 e. The summed E-state index contributed by atoms with van der Waals surface area (Å²) >= 11 is 0. The Hall–Kier alpha value is -1.96. The third kappa shape index (κ3) is 1.57. The summed E-state index contributed by atoms with van der Waals surface area (Å²) in [5.74, 6) is 0. The molecular weight excluding hydrogens is 208 g/mol. The molecule has 2 aromatic rings. The number of hydrogen-bond acceptors (Lipinski definition) is 2. The van der Waals surface area contributed by atoms with Crippen LogP contribution in [0, 0.1) is 0 Å². The average Bonchev–Trinajstić information content (AvgIpc) is 2.29. The molecule has 0 aliphatic carbocycles. The van der Waals surface area contributed by atoms with Crippen molar-refractivity contribution < 1.29 is 0 Å². The molecule has 86 valence electrons. The molecule has 0 fully saturated rings. The van der Waals surface area contributed by atoms with Gasteiger partial charge in [0.05, 0.1) is 0 Å². The molecule has 0 atom stereocenters. The van der Waals surface area contributed by atoms with Gasteiger partial charge in [0.15, 0.2) is 0 Å². The Morgan fingerprint density at radius 3 is 2.12 bits per heavy atom. The van der Waals surface area contributed by atoms with Gasteiger partial charge in [-0.05, 0) is 37.4 Å². The first-order chi connectivity index (χ1) is 8.22. The zero-order chi connectivity index (χ0) is 11.9. The summed E-state index contributed by atoms with van der Waals surface area (Å²) in [5.41, 5.74) is 2.17. The van der Waals surface area contributed by atoms with Gasteiger partial charge >= 0.3 is 0 Å². The number of anilines is 2. The minimum atomic E-state index is -0.211. The molecule has 0 amide bonds. The lowest BCUT2D eigenvalue weighted by atomic mass is 10.00. The van der Waals surface area contributed by atoms with Gasteiger partial charge in [-0.2, -0.15) is 0 Å². The largest absolute Gasteiger partial charge is 0.359 e. The number of rotatable bonds is 1. The summed E-state index contributed by atoms with van der Waals surface area (Å²) in [6.45, 7) is 4.18. The highest BCUT2D eigenvalue weighted by Crippen LogP contribution is 2.37. The predicted molar refractivity (Wildman–Crippen MR) is 74.4 cm³/mol. The van der Waals surface area contributed by atoms with E-state index in [1.807, 2.05) is 6.92 Å². The molecule has 3 rings (SSSR count). The standard InChI is InChI=1S/C15H16N2/c1-3-10-15(2)16-12-8-4-6-11-7-5-9-13(17-15)14(11)12/h3-10,16-17H,1-2H3/b10-3-. The van der Waals surface area contributed by atoms with Crippen LogP contribution < -0.4 is 10.6 Å². The molecule has 2 N–H and O–H groups in total. The summed E-state index contributed by atoms with van der Waals surface area (Å²) in [4.78, 5) is 0. The van der Waals surface area contributed by atoms with E-state index in [9.17, 15) is 0 Å². The Labute approximate surface area is 101 Å². The number of nitrogens with one attached hydrogen (secondary N) is 2. The van der Waals surface area contributed by atoms with Crippen LogP contribution in [-0.4, -0.2) is 5.66 Å². The van der Waals surface area contributed by atoms with Crippen molar-refractivity contribution in [3.05, 3.63) is 48.6 Å². The molecule has 2 heteroatoms. The van der Waals surface area contributed by atoms with Gasteiger partial charge < -0.3 is 10.6 Å². The van der Waals surface area contributed by atoms with Crippen molar-refractivity contribution in [1.29, 1.82) is 0 Å². The minimum Gasteiger partial charge on any atom is -0.359 e. The minimum absolute atomic E-state index is 0.211. The first-order valence-corrected chi connectivity index (χ1v) is 5.94. The van der Waals surface area contributed by atoms with Crippen LogP contribution in [0.2, 0.25) is 0 Å². The molecule has 0 saturated carbocycles.